The van der Waals surface area contributed by atoms with Crippen LogP contribution < -0.4 is 5.73 Å². The highest BCUT2D eigenvalue weighted by Crippen LogP contribution is 2.23. The molecule has 1 rings (SSSR count). The van der Waals surface area contributed by atoms with Crippen molar-refractivity contribution in [2.75, 3.05) is 19.6 Å². The second-order valence-corrected chi connectivity index (χ2v) is 6.92. The number of rotatable bonds is 4. The Hall–Kier alpha value is -0.170. The normalized spacial score (nSPS) is 24.2. The minimum absolute atomic E-state index is 0.151. The molecule has 0 aromatic rings. The smallest absolute Gasteiger partial charge is 0.217 e. The lowest BCUT2D eigenvalue weighted by atomic mass is 9.93. The summed E-state index contributed by atoms with van der Waals surface area (Å²) < 4.78 is 25.5. The fourth-order valence-corrected chi connectivity index (χ4v) is 3.46. The van der Waals surface area contributed by atoms with Crippen molar-refractivity contribution < 1.29 is 13.5 Å². The second-order valence-electron chi connectivity index (χ2n) is 4.57. The van der Waals surface area contributed by atoms with E-state index in [9.17, 15) is 13.5 Å². The van der Waals surface area contributed by atoms with Gasteiger partial charge in [0.15, 0.2) is 0 Å². The van der Waals surface area contributed by atoms with E-state index in [1.807, 2.05) is 0 Å². The Balaban J connectivity index is 2.60. The van der Waals surface area contributed by atoms with Gasteiger partial charge in [-0.15, -0.1) is 0 Å². The molecule has 2 unspecified atom stereocenters. The molecular formula is C10H22N2O3S. The van der Waals surface area contributed by atoms with Gasteiger partial charge in [0.2, 0.25) is 10.0 Å². The second kappa shape index (κ2) is 5.44. The molecule has 1 aliphatic heterocycles. The van der Waals surface area contributed by atoms with E-state index in [0.29, 0.717) is 13.1 Å². The first-order chi connectivity index (χ1) is 7.39. The van der Waals surface area contributed by atoms with Gasteiger partial charge in [0.25, 0.3) is 0 Å². The van der Waals surface area contributed by atoms with E-state index < -0.39 is 15.3 Å². The SMILES string of the molecule is CC(O)C1CCN(S(=O)(=O)C(C)CN)CC1. The van der Waals surface area contributed by atoms with Crippen LogP contribution in [0, 0.1) is 5.92 Å². The van der Waals surface area contributed by atoms with Crippen molar-refractivity contribution in [2.45, 2.75) is 38.0 Å². The van der Waals surface area contributed by atoms with E-state index in [-0.39, 0.29) is 18.6 Å². The Labute approximate surface area is 97.7 Å². The molecule has 3 N–H and O–H groups in total. The third-order valence-corrected chi connectivity index (χ3v) is 5.68. The molecule has 0 aromatic carbocycles. The van der Waals surface area contributed by atoms with Crippen molar-refractivity contribution in [3.05, 3.63) is 0 Å². The number of nitrogens with zero attached hydrogens (tertiary/aromatic N) is 1. The molecule has 6 heteroatoms. The van der Waals surface area contributed by atoms with Crippen molar-refractivity contribution in [3.63, 3.8) is 0 Å². The van der Waals surface area contributed by atoms with Gasteiger partial charge in [0.05, 0.1) is 11.4 Å². The Morgan fingerprint density at radius 1 is 1.38 bits per heavy atom. The van der Waals surface area contributed by atoms with Gasteiger partial charge in [0.1, 0.15) is 0 Å². The molecule has 0 bridgehead atoms. The predicted octanol–water partition coefficient (Wildman–Crippen LogP) is -0.244. The highest BCUT2D eigenvalue weighted by Gasteiger charge is 2.32. The van der Waals surface area contributed by atoms with Crippen LogP contribution in [-0.4, -0.2) is 48.8 Å². The van der Waals surface area contributed by atoms with E-state index in [1.165, 1.54) is 4.31 Å². The summed E-state index contributed by atoms with van der Waals surface area (Å²) in [5, 5.41) is 8.92. The van der Waals surface area contributed by atoms with Crippen LogP contribution in [-0.2, 0) is 10.0 Å². The van der Waals surface area contributed by atoms with Crippen molar-refractivity contribution >= 4 is 10.0 Å². The first kappa shape index (κ1) is 13.9. The van der Waals surface area contributed by atoms with E-state index in [4.69, 9.17) is 5.73 Å². The zero-order chi connectivity index (χ0) is 12.3. The number of aliphatic hydroxyl groups excluding tert-OH is 1. The van der Waals surface area contributed by atoms with Gasteiger partial charge in [-0.05, 0) is 32.6 Å². The Morgan fingerprint density at radius 2 is 1.88 bits per heavy atom. The molecule has 1 fully saturated rings. The minimum Gasteiger partial charge on any atom is -0.393 e. The molecule has 0 saturated carbocycles. The van der Waals surface area contributed by atoms with Crippen LogP contribution in [0.3, 0.4) is 0 Å². The highest BCUT2D eigenvalue weighted by atomic mass is 32.2. The van der Waals surface area contributed by atoms with Crippen LogP contribution in [0.15, 0.2) is 0 Å². The molecule has 1 saturated heterocycles. The van der Waals surface area contributed by atoms with Crippen molar-refractivity contribution in [1.29, 1.82) is 0 Å². The molecule has 16 heavy (non-hydrogen) atoms. The minimum atomic E-state index is -3.23. The average Bonchev–Trinajstić information content (AvgIpc) is 2.28. The van der Waals surface area contributed by atoms with Crippen molar-refractivity contribution in [1.82, 2.24) is 4.31 Å². The van der Waals surface area contributed by atoms with Crippen LogP contribution in [0.5, 0.6) is 0 Å². The summed E-state index contributed by atoms with van der Waals surface area (Å²) in [6.45, 7) is 4.55. The first-order valence-electron chi connectivity index (χ1n) is 5.76. The summed E-state index contributed by atoms with van der Waals surface area (Å²) in [5.41, 5.74) is 5.39. The van der Waals surface area contributed by atoms with Crippen molar-refractivity contribution in [3.8, 4) is 0 Å². The number of nitrogens with two attached hydrogens (primary N) is 1. The maximum Gasteiger partial charge on any atom is 0.217 e. The Kier molecular flexibility index (Phi) is 4.73. The fourth-order valence-electron chi connectivity index (χ4n) is 1.99. The molecule has 5 nitrogen and oxygen atoms in total. The monoisotopic (exact) mass is 250 g/mol. The molecule has 0 aromatic heterocycles. The summed E-state index contributed by atoms with van der Waals surface area (Å²) in [5.74, 6) is 0.222. The van der Waals surface area contributed by atoms with Crippen LogP contribution >= 0.6 is 0 Å². The quantitative estimate of drug-likeness (QED) is 0.721. The summed E-state index contributed by atoms with van der Waals surface area (Å²) in [6, 6.07) is 0. The molecule has 1 aliphatic rings. The molecule has 0 radical (unpaired) electrons. The topological polar surface area (TPSA) is 83.6 Å². The lowest BCUT2D eigenvalue weighted by Gasteiger charge is -2.33. The summed E-state index contributed by atoms with van der Waals surface area (Å²) in [7, 11) is -3.23. The molecule has 0 spiro atoms. The lowest BCUT2D eigenvalue weighted by Crippen LogP contribution is -2.45. The zero-order valence-corrected chi connectivity index (χ0v) is 10.8. The van der Waals surface area contributed by atoms with Gasteiger partial charge >= 0.3 is 0 Å². The number of hydrogen-bond acceptors (Lipinski definition) is 4. The molecule has 2 atom stereocenters. The molecule has 96 valence electrons. The number of aliphatic hydroxyl groups is 1. The molecule has 0 amide bonds. The van der Waals surface area contributed by atoms with Crippen LogP contribution in [0.2, 0.25) is 0 Å². The number of sulfonamides is 1. The van der Waals surface area contributed by atoms with Gasteiger partial charge in [-0.25, -0.2) is 12.7 Å². The van der Waals surface area contributed by atoms with Crippen LogP contribution in [0.4, 0.5) is 0 Å². The van der Waals surface area contributed by atoms with E-state index in [1.54, 1.807) is 13.8 Å². The first-order valence-corrected chi connectivity index (χ1v) is 7.27. The van der Waals surface area contributed by atoms with Crippen molar-refractivity contribution in [2.24, 2.45) is 11.7 Å². The van der Waals surface area contributed by atoms with Gasteiger partial charge in [-0.1, -0.05) is 0 Å². The standard InChI is InChI=1S/C10H22N2O3S/c1-8(7-11)16(14,15)12-5-3-10(4-6-12)9(2)13/h8-10,13H,3-7,11H2,1-2H3. The van der Waals surface area contributed by atoms with Crippen LogP contribution in [0.25, 0.3) is 0 Å². The van der Waals surface area contributed by atoms with E-state index in [0.717, 1.165) is 12.8 Å². The molecule has 0 aliphatic carbocycles. The summed E-state index contributed by atoms with van der Waals surface area (Å²) in [6.07, 6.45) is 1.11. The summed E-state index contributed by atoms with van der Waals surface area (Å²) >= 11 is 0. The van der Waals surface area contributed by atoms with Gasteiger partial charge in [0, 0.05) is 19.6 Å². The van der Waals surface area contributed by atoms with E-state index in [2.05, 4.69) is 0 Å². The predicted molar refractivity (Wildman–Crippen MR) is 63.4 cm³/mol. The van der Waals surface area contributed by atoms with Crippen LogP contribution in [0.1, 0.15) is 26.7 Å². The highest BCUT2D eigenvalue weighted by molar-refractivity contribution is 7.89. The van der Waals surface area contributed by atoms with Gasteiger partial charge in [-0.2, -0.15) is 0 Å². The zero-order valence-electron chi connectivity index (χ0n) is 9.96. The molecular weight excluding hydrogens is 228 g/mol. The molecule has 1 heterocycles. The van der Waals surface area contributed by atoms with E-state index >= 15 is 0 Å². The Morgan fingerprint density at radius 3 is 2.25 bits per heavy atom. The largest absolute Gasteiger partial charge is 0.393 e. The Bertz CT molecular complexity index is 308. The van der Waals surface area contributed by atoms with Gasteiger partial charge < -0.3 is 10.8 Å². The number of hydrogen-bond donors (Lipinski definition) is 2. The third kappa shape index (κ3) is 2.94. The average molecular weight is 250 g/mol. The number of piperidine rings is 1. The fraction of sp³-hybridized carbons (Fsp3) is 1.00. The third-order valence-electron chi connectivity index (χ3n) is 3.38. The van der Waals surface area contributed by atoms with Gasteiger partial charge in [-0.3, -0.25) is 0 Å². The maximum absolute atomic E-state index is 12.0. The lowest BCUT2D eigenvalue weighted by molar-refractivity contribution is 0.0910. The summed E-state index contributed by atoms with van der Waals surface area (Å²) in [4.78, 5) is 0. The maximum atomic E-state index is 12.0.